The van der Waals surface area contributed by atoms with Crippen molar-refractivity contribution >= 4 is 22.2 Å². The third-order valence-electron chi connectivity index (χ3n) is 1.85. The summed E-state index contributed by atoms with van der Waals surface area (Å²) in [5, 5.41) is 0. The Morgan fingerprint density at radius 3 is 2.77 bits per heavy atom. The maximum absolute atomic E-state index is 10.4. The predicted molar refractivity (Wildman–Crippen MR) is 54.6 cm³/mol. The molecule has 0 radical (unpaired) electrons. The minimum absolute atomic E-state index is 0.145. The molecule has 2 nitrogen and oxygen atoms in total. The first kappa shape index (κ1) is 10.4. The van der Waals surface area contributed by atoms with Crippen LogP contribution in [0.15, 0.2) is 28.7 Å². The van der Waals surface area contributed by atoms with Crippen LogP contribution in [0.5, 0.6) is 0 Å². The smallest absolute Gasteiger partial charge is 0.122 e. The van der Waals surface area contributed by atoms with Crippen LogP contribution >= 0.6 is 15.9 Å². The van der Waals surface area contributed by atoms with E-state index in [4.69, 9.17) is 4.74 Å². The molecular weight excluding hydrogens is 232 g/mol. The van der Waals surface area contributed by atoms with Crippen molar-refractivity contribution < 1.29 is 9.53 Å². The molecule has 0 amide bonds. The largest absolute Gasteiger partial charge is 0.376 e. The molecule has 0 aliphatic carbocycles. The monoisotopic (exact) mass is 242 g/mol. The number of hydrogen-bond acceptors (Lipinski definition) is 2. The van der Waals surface area contributed by atoms with Gasteiger partial charge in [-0.1, -0.05) is 34.1 Å². The molecule has 0 aliphatic heterocycles. The van der Waals surface area contributed by atoms with E-state index in [0.29, 0.717) is 6.42 Å². The van der Waals surface area contributed by atoms with Crippen molar-refractivity contribution in [3.05, 3.63) is 34.3 Å². The minimum Gasteiger partial charge on any atom is -0.376 e. The van der Waals surface area contributed by atoms with Crippen molar-refractivity contribution in [3.63, 3.8) is 0 Å². The zero-order valence-electron chi connectivity index (χ0n) is 7.37. The zero-order chi connectivity index (χ0) is 9.68. The number of rotatable bonds is 4. The first-order chi connectivity index (χ1) is 6.29. The molecule has 0 saturated heterocycles. The van der Waals surface area contributed by atoms with Crippen LogP contribution in [-0.4, -0.2) is 13.4 Å². The highest BCUT2D eigenvalue weighted by Crippen LogP contribution is 2.26. The number of hydrogen-bond donors (Lipinski definition) is 0. The number of halogens is 1. The van der Waals surface area contributed by atoms with E-state index >= 15 is 0 Å². The lowest BCUT2D eigenvalue weighted by molar-refractivity contribution is -0.110. The molecule has 0 fully saturated rings. The van der Waals surface area contributed by atoms with Crippen LogP contribution in [0.4, 0.5) is 0 Å². The number of carbonyl (C=O) groups is 1. The summed E-state index contributed by atoms with van der Waals surface area (Å²) in [7, 11) is 1.60. The molecule has 1 rings (SSSR count). The summed E-state index contributed by atoms with van der Waals surface area (Å²) in [5.74, 6) is 0. The van der Waals surface area contributed by atoms with Crippen LogP contribution in [0.2, 0.25) is 0 Å². The van der Waals surface area contributed by atoms with Crippen LogP contribution < -0.4 is 0 Å². The van der Waals surface area contributed by atoms with Crippen molar-refractivity contribution in [2.24, 2.45) is 0 Å². The maximum Gasteiger partial charge on any atom is 0.122 e. The van der Waals surface area contributed by atoms with E-state index in [-0.39, 0.29) is 6.10 Å². The molecule has 13 heavy (non-hydrogen) atoms. The van der Waals surface area contributed by atoms with Gasteiger partial charge in [-0.3, -0.25) is 0 Å². The van der Waals surface area contributed by atoms with Gasteiger partial charge >= 0.3 is 0 Å². The van der Waals surface area contributed by atoms with Gasteiger partial charge in [0.2, 0.25) is 0 Å². The quantitative estimate of drug-likeness (QED) is 0.760. The first-order valence-corrected chi connectivity index (χ1v) is 4.79. The summed E-state index contributed by atoms with van der Waals surface area (Å²) in [6.45, 7) is 0. The molecule has 0 aliphatic rings. The third kappa shape index (κ3) is 2.64. The van der Waals surface area contributed by atoms with Crippen LogP contribution in [0.3, 0.4) is 0 Å². The number of benzene rings is 1. The fraction of sp³-hybridized carbons (Fsp3) is 0.300. The summed E-state index contributed by atoms with van der Waals surface area (Å²) >= 11 is 3.41. The van der Waals surface area contributed by atoms with Gasteiger partial charge in [0.15, 0.2) is 0 Å². The van der Waals surface area contributed by atoms with Gasteiger partial charge in [0, 0.05) is 18.0 Å². The molecule has 1 atom stereocenters. The lowest BCUT2D eigenvalue weighted by atomic mass is 10.1. The summed E-state index contributed by atoms with van der Waals surface area (Å²) in [4.78, 5) is 10.4. The standard InChI is InChI=1S/C10H11BrO2/c1-13-10(6-7-12)8-4-2-3-5-9(8)11/h2-5,7,10H,6H2,1H3. The molecule has 1 aromatic rings. The Labute approximate surface area is 86.0 Å². The Hall–Kier alpha value is -0.670. The molecule has 1 unspecified atom stereocenters. The summed E-state index contributed by atoms with van der Waals surface area (Å²) in [6, 6.07) is 7.74. The van der Waals surface area contributed by atoms with Gasteiger partial charge in [-0.05, 0) is 11.6 Å². The zero-order valence-corrected chi connectivity index (χ0v) is 8.95. The highest BCUT2D eigenvalue weighted by atomic mass is 79.9. The fourth-order valence-corrected chi connectivity index (χ4v) is 1.71. The van der Waals surface area contributed by atoms with Gasteiger partial charge in [-0.2, -0.15) is 0 Å². The second kappa shape index (κ2) is 5.14. The highest BCUT2D eigenvalue weighted by Gasteiger charge is 2.11. The molecule has 0 spiro atoms. The van der Waals surface area contributed by atoms with Gasteiger partial charge in [-0.25, -0.2) is 0 Å². The van der Waals surface area contributed by atoms with Crippen LogP contribution in [0.25, 0.3) is 0 Å². The topological polar surface area (TPSA) is 26.3 Å². The van der Waals surface area contributed by atoms with Gasteiger partial charge in [0.05, 0.1) is 6.10 Å². The Balaban J connectivity index is 2.90. The molecule has 0 bridgehead atoms. The van der Waals surface area contributed by atoms with E-state index in [0.717, 1.165) is 16.3 Å². The summed E-state index contributed by atoms with van der Waals surface area (Å²) in [6.07, 6.45) is 1.11. The first-order valence-electron chi connectivity index (χ1n) is 4.00. The van der Waals surface area contributed by atoms with E-state index in [1.807, 2.05) is 24.3 Å². The second-order valence-corrected chi connectivity index (χ2v) is 3.50. The number of aldehydes is 1. The SMILES string of the molecule is COC(CC=O)c1ccccc1Br. The van der Waals surface area contributed by atoms with Crippen LogP contribution in [-0.2, 0) is 9.53 Å². The van der Waals surface area contributed by atoms with Crippen molar-refractivity contribution in [1.82, 2.24) is 0 Å². The molecule has 3 heteroatoms. The van der Waals surface area contributed by atoms with Crippen molar-refractivity contribution in [1.29, 1.82) is 0 Å². The summed E-state index contributed by atoms with van der Waals surface area (Å²) < 4.78 is 6.17. The van der Waals surface area contributed by atoms with E-state index in [1.165, 1.54) is 0 Å². The van der Waals surface area contributed by atoms with Crippen molar-refractivity contribution in [2.45, 2.75) is 12.5 Å². The highest BCUT2D eigenvalue weighted by molar-refractivity contribution is 9.10. The molecule has 70 valence electrons. The summed E-state index contributed by atoms with van der Waals surface area (Å²) in [5.41, 5.74) is 1.01. The number of ether oxygens (including phenoxy) is 1. The Bertz CT molecular complexity index is 286. The normalized spacial score (nSPS) is 12.5. The molecule has 0 saturated carbocycles. The van der Waals surface area contributed by atoms with E-state index in [2.05, 4.69) is 15.9 Å². The molecular formula is C10H11BrO2. The molecule has 0 aromatic heterocycles. The third-order valence-corrected chi connectivity index (χ3v) is 2.57. The van der Waals surface area contributed by atoms with Gasteiger partial charge in [-0.15, -0.1) is 0 Å². The van der Waals surface area contributed by atoms with Crippen LogP contribution in [0, 0.1) is 0 Å². The lowest BCUT2D eigenvalue weighted by Gasteiger charge is -2.13. The van der Waals surface area contributed by atoms with Crippen LogP contribution in [0.1, 0.15) is 18.1 Å². The Morgan fingerprint density at radius 2 is 2.23 bits per heavy atom. The van der Waals surface area contributed by atoms with Gasteiger partial charge in [0.25, 0.3) is 0 Å². The van der Waals surface area contributed by atoms with Crippen molar-refractivity contribution in [3.8, 4) is 0 Å². The number of carbonyl (C=O) groups excluding carboxylic acids is 1. The lowest BCUT2D eigenvalue weighted by Crippen LogP contribution is -2.02. The van der Waals surface area contributed by atoms with Gasteiger partial charge in [0.1, 0.15) is 6.29 Å². The van der Waals surface area contributed by atoms with E-state index < -0.39 is 0 Å². The molecule has 1 aromatic carbocycles. The number of methoxy groups -OCH3 is 1. The van der Waals surface area contributed by atoms with Crippen molar-refractivity contribution in [2.75, 3.05) is 7.11 Å². The Morgan fingerprint density at radius 1 is 1.54 bits per heavy atom. The molecule has 0 heterocycles. The predicted octanol–water partition coefficient (Wildman–Crippen LogP) is 2.73. The average molecular weight is 243 g/mol. The maximum atomic E-state index is 10.4. The Kier molecular flexibility index (Phi) is 4.12. The second-order valence-electron chi connectivity index (χ2n) is 2.65. The average Bonchev–Trinajstić information content (AvgIpc) is 2.16. The fourth-order valence-electron chi connectivity index (χ4n) is 1.17. The van der Waals surface area contributed by atoms with E-state index in [9.17, 15) is 4.79 Å². The van der Waals surface area contributed by atoms with Gasteiger partial charge < -0.3 is 9.53 Å². The van der Waals surface area contributed by atoms with E-state index in [1.54, 1.807) is 7.11 Å². The minimum atomic E-state index is -0.145. The molecule has 0 N–H and O–H groups in total.